The topological polar surface area (TPSA) is 190 Å². The third kappa shape index (κ3) is 4.00. The van der Waals surface area contributed by atoms with Gasteiger partial charge < -0.3 is 31.5 Å². The molecule has 11 nitrogen and oxygen atoms in total. The average Bonchev–Trinajstić information content (AvgIpc) is 3.67. The van der Waals surface area contributed by atoms with Crippen LogP contribution in [0, 0.1) is 23.6 Å². The lowest BCUT2D eigenvalue weighted by atomic mass is 9.57. The second kappa shape index (κ2) is 9.16. The summed E-state index contributed by atoms with van der Waals surface area (Å²) in [6.45, 7) is 0. The number of Topliss-reactive ketones (excluding diaryl/α,β-unsaturated/α-hetero) is 2. The number of aromatic hydroxyl groups is 1. The number of carbonyl (C=O) groups is 4. The van der Waals surface area contributed by atoms with Crippen LogP contribution in [-0.2, 0) is 25.6 Å². The van der Waals surface area contributed by atoms with Gasteiger partial charge in [-0.15, -0.1) is 0 Å². The summed E-state index contributed by atoms with van der Waals surface area (Å²) in [5, 5.41) is 47.1. The quantitative estimate of drug-likeness (QED) is 0.226. The largest absolute Gasteiger partial charge is 0.508 e. The molecule has 0 bridgehead atoms. The number of primary amides is 1. The minimum absolute atomic E-state index is 0.103. The van der Waals surface area contributed by atoms with Crippen LogP contribution in [0.15, 0.2) is 23.0 Å². The minimum atomic E-state index is -2.78. The number of anilines is 1. The van der Waals surface area contributed by atoms with E-state index in [1.807, 2.05) is 0 Å². The van der Waals surface area contributed by atoms with Gasteiger partial charge in [0.1, 0.15) is 22.9 Å². The fourth-order valence-corrected chi connectivity index (χ4v) is 6.32. The molecular weight excluding hydrogens is 513 g/mol. The Morgan fingerprint density at radius 2 is 1.87 bits per heavy atom. The van der Waals surface area contributed by atoms with E-state index >= 15 is 4.39 Å². The van der Waals surface area contributed by atoms with Gasteiger partial charge in [-0.1, -0.05) is 12.8 Å². The highest BCUT2D eigenvalue weighted by Crippen LogP contribution is 2.53. The number of nitrogens with one attached hydrogen (secondary N) is 1. The molecule has 2 amide bonds. The van der Waals surface area contributed by atoms with Crippen molar-refractivity contribution in [2.75, 3.05) is 19.4 Å². The maximum Gasteiger partial charge on any atom is 0.255 e. The molecule has 0 heterocycles. The highest BCUT2D eigenvalue weighted by Gasteiger charge is 2.64. The number of aliphatic hydroxyl groups is 3. The monoisotopic (exact) mass is 543 g/mol. The number of aliphatic hydroxyl groups excluding tert-OH is 2. The van der Waals surface area contributed by atoms with Crippen LogP contribution in [-0.4, -0.2) is 74.4 Å². The number of fused-ring (bicyclic) bond motifs is 3. The van der Waals surface area contributed by atoms with Gasteiger partial charge in [0.05, 0.1) is 17.3 Å². The molecule has 2 fully saturated rings. The smallest absolute Gasteiger partial charge is 0.255 e. The summed E-state index contributed by atoms with van der Waals surface area (Å²) >= 11 is 0. The average molecular weight is 544 g/mol. The van der Waals surface area contributed by atoms with Crippen molar-refractivity contribution in [3.63, 3.8) is 0 Å². The molecule has 5 rings (SSSR count). The summed E-state index contributed by atoms with van der Waals surface area (Å²) in [5.41, 5.74) is 0.409. The molecule has 0 aliphatic heterocycles. The number of benzene rings is 1. The molecule has 4 aliphatic rings. The Bertz CT molecular complexity index is 1400. The number of nitrogens with zero attached hydrogens (tertiary/aromatic N) is 1. The van der Waals surface area contributed by atoms with E-state index in [1.165, 1.54) is 19.0 Å². The number of rotatable bonds is 6. The SMILES string of the molecule is CN(C)[C@@H]1C(=O)C(C(N)=O)=C(O)[C@@]2(O)C(=O)C3=C(O)c4c(O)c(NC(=O)CCC5CC5)cc(F)c4C[C@H]3C[C@@H]12. The zero-order valence-corrected chi connectivity index (χ0v) is 21.5. The first-order chi connectivity index (χ1) is 18.3. The Balaban J connectivity index is 1.60. The molecule has 0 unspecified atom stereocenters. The van der Waals surface area contributed by atoms with Gasteiger partial charge in [-0.25, -0.2) is 4.39 Å². The third-order valence-corrected chi connectivity index (χ3v) is 8.42. The van der Waals surface area contributed by atoms with Crippen molar-refractivity contribution in [2.45, 2.75) is 50.2 Å². The van der Waals surface area contributed by atoms with Gasteiger partial charge in [-0.2, -0.15) is 0 Å². The van der Waals surface area contributed by atoms with E-state index in [0.717, 1.165) is 18.9 Å². The van der Waals surface area contributed by atoms with Crippen molar-refractivity contribution in [2.24, 2.45) is 23.5 Å². The van der Waals surface area contributed by atoms with Gasteiger partial charge in [0.2, 0.25) is 11.7 Å². The molecule has 0 radical (unpaired) electrons. The number of phenols is 1. The van der Waals surface area contributed by atoms with Gasteiger partial charge in [-0.05, 0) is 45.2 Å². The number of halogens is 1. The number of likely N-dealkylation sites (N-methyl/N-ethyl adjacent to an activating group) is 1. The van der Waals surface area contributed by atoms with Crippen molar-refractivity contribution < 1.29 is 44.0 Å². The first-order valence-corrected chi connectivity index (χ1v) is 12.8. The molecule has 4 atom stereocenters. The number of hydrogen-bond acceptors (Lipinski definition) is 9. The predicted octanol–water partition coefficient (Wildman–Crippen LogP) is 1.23. The van der Waals surface area contributed by atoms with Gasteiger partial charge in [-0.3, -0.25) is 24.1 Å². The van der Waals surface area contributed by atoms with E-state index in [-0.39, 0.29) is 30.5 Å². The summed E-state index contributed by atoms with van der Waals surface area (Å²) < 4.78 is 15.3. The lowest BCUT2D eigenvalue weighted by Gasteiger charge is -2.50. The zero-order chi connectivity index (χ0) is 28.5. The number of carbonyl (C=O) groups excluding carboxylic acids is 4. The van der Waals surface area contributed by atoms with Crippen LogP contribution in [0.3, 0.4) is 0 Å². The molecule has 7 N–H and O–H groups in total. The number of phenolic OH excluding ortho intramolecular Hbond substituents is 1. The molecule has 1 aromatic carbocycles. The predicted molar refractivity (Wildman–Crippen MR) is 135 cm³/mol. The van der Waals surface area contributed by atoms with Crippen LogP contribution < -0.4 is 11.1 Å². The van der Waals surface area contributed by atoms with Crippen LogP contribution in [0.5, 0.6) is 5.75 Å². The van der Waals surface area contributed by atoms with Crippen molar-refractivity contribution in [1.82, 2.24) is 4.90 Å². The molecule has 208 valence electrons. The van der Waals surface area contributed by atoms with E-state index in [1.54, 1.807) is 0 Å². The number of ketones is 2. The summed E-state index contributed by atoms with van der Waals surface area (Å²) in [5.74, 6) is -9.01. The molecule has 0 spiro atoms. The van der Waals surface area contributed by atoms with Crippen molar-refractivity contribution in [3.05, 3.63) is 39.9 Å². The van der Waals surface area contributed by atoms with E-state index < -0.39 is 86.7 Å². The van der Waals surface area contributed by atoms with Crippen molar-refractivity contribution in [1.29, 1.82) is 0 Å². The molecule has 2 saturated carbocycles. The first-order valence-electron chi connectivity index (χ1n) is 12.8. The van der Waals surface area contributed by atoms with Crippen LogP contribution in [0.25, 0.3) is 5.76 Å². The van der Waals surface area contributed by atoms with E-state index in [4.69, 9.17) is 5.73 Å². The van der Waals surface area contributed by atoms with Gasteiger partial charge in [0.15, 0.2) is 17.1 Å². The normalized spacial score (nSPS) is 28.3. The number of amides is 2. The summed E-state index contributed by atoms with van der Waals surface area (Å²) in [4.78, 5) is 52.7. The van der Waals surface area contributed by atoms with E-state index in [9.17, 15) is 39.6 Å². The minimum Gasteiger partial charge on any atom is -0.508 e. The Morgan fingerprint density at radius 1 is 1.21 bits per heavy atom. The Kier molecular flexibility index (Phi) is 6.30. The molecule has 0 aromatic heterocycles. The summed E-state index contributed by atoms with van der Waals surface area (Å²) in [6.07, 6.45) is 2.60. The van der Waals surface area contributed by atoms with Crippen LogP contribution in [0.4, 0.5) is 10.1 Å². The molecular formula is C27H30FN3O8. The lowest BCUT2D eigenvalue weighted by Crippen LogP contribution is -2.65. The number of nitrogens with two attached hydrogens (primary N) is 1. The zero-order valence-electron chi connectivity index (χ0n) is 21.5. The summed E-state index contributed by atoms with van der Waals surface area (Å²) in [7, 11) is 2.98. The van der Waals surface area contributed by atoms with Crippen LogP contribution >= 0.6 is 0 Å². The fraction of sp³-hybridized carbons (Fsp3) is 0.481. The Morgan fingerprint density at radius 3 is 2.46 bits per heavy atom. The van der Waals surface area contributed by atoms with E-state index in [2.05, 4.69) is 5.32 Å². The summed E-state index contributed by atoms with van der Waals surface area (Å²) in [6, 6.07) is -0.281. The highest BCUT2D eigenvalue weighted by molar-refractivity contribution is 6.24. The van der Waals surface area contributed by atoms with Crippen LogP contribution in [0.1, 0.15) is 43.2 Å². The third-order valence-electron chi connectivity index (χ3n) is 8.42. The van der Waals surface area contributed by atoms with E-state index in [0.29, 0.717) is 12.3 Å². The molecule has 39 heavy (non-hydrogen) atoms. The van der Waals surface area contributed by atoms with Gasteiger partial charge >= 0.3 is 0 Å². The maximum absolute atomic E-state index is 15.3. The second-order valence-corrected chi connectivity index (χ2v) is 11.1. The first kappa shape index (κ1) is 26.8. The highest BCUT2D eigenvalue weighted by atomic mass is 19.1. The lowest BCUT2D eigenvalue weighted by molar-refractivity contribution is -0.153. The van der Waals surface area contributed by atoms with Gasteiger partial charge in [0, 0.05) is 29.5 Å². The molecule has 1 aromatic rings. The Hall–Kier alpha value is -3.77. The fourth-order valence-electron chi connectivity index (χ4n) is 6.32. The second-order valence-electron chi connectivity index (χ2n) is 11.1. The molecule has 0 saturated heterocycles. The van der Waals surface area contributed by atoms with Crippen molar-refractivity contribution >= 4 is 34.8 Å². The maximum atomic E-state index is 15.3. The number of hydrogen-bond donors (Lipinski definition) is 6. The standard InChI is InChI=1S/C27H30FN3O8/c1-31(2)20-13-8-11-7-12-14(28)9-15(30-16(32)6-5-10-3-4-10)21(33)18(12)22(34)17(11)24(36)27(13,39)25(37)19(23(20)35)26(29)38/h9-11,13,20,33-34,37,39H,3-8H2,1-2H3,(H2,29,38)(H,30,32)/t11-,13-,20-,27-/m0/s1. The molecule has 12 heteroatoms. The Labute approximate surface area is 222 Å². The van der Waals surface area contributed by atoms with Crippen LogP contribution in [0.2, 0.25) is 0 Å². The molecule has 4 aliphatic carbocycles. The van der Waals surface area contributed by atoms with Crippen molar-refractivity contribution in [3.8, 4) is 5.75 Å². The van der Waals surface area contributed by atoms with Gasteiger partial charge in [0.25, 0.3) is 5.91 Å².